The number of rotatable bonds is 2. The number of benzene rings is 1. The fraction of sp³-hybridized carbons (Fsp3) is 0.333. The van der Waals surface area contributed by atoms with E-state index in [1.54, 1.807) is 0 Å². The zero-order chi connectivity index (χ0) is 10.2. The normalized spacial score (nSPS) is 20.1. The van der Waals surface area contributed by atoms with Gasteiger partial charge in [-0.05, 0) is 28.1 Å². The van der Waals surface area contributed by atoms with Crippen molar-refractivity contribution in [3.8, 4) is 5.75 Å². The average molecular weight is 277 g/mol. The first-order valence-electron chi connectivity index (χ1n) is 4.18. The summed E-state index contributed by atoms with van der Waals surface area (Å²) in [6, 6.07) is 7.42. The Hall–Kier alpha value is -0.550. The molecule has 0 radical (unpaired) electrons. The maximum atomic E-state index is 10.9. The van der Waals surface area contributed by atoms with E-state index in [1.165, 1.54) is 0 Å². The molecule has 0 unspecified atom stereocenters. The van der Waals surface area contributed by atoms with Gasteiger partial charge < -0.3 is 4.74 Å². The van der Waals surface area contributed by atoms with Gasteiger partial charge in [0, 0.05) is 0 Å². The minimum absolute atomic E-state index is 0.133. The molecule has 0 bridgehead atoms. The number of sulfone groups is 1. The topological polar surface area (TPSA) is 43.4 Å². The van der Waals surface area contributed by atoms with Crippen molar-refractivity contribution in [2.24, 2.45) is 0 Å². The summed E-state index contributed by atoms with van der Waals surface area (Å²) in [4.78, 5) is 0. The Morgan fingerprint density at radius 3 is 2.50 bits per heavy atom. The van der Waals surface area contributed by atoms with Gasteiger partial charge in [-0.25, -0.2) is 8.42 Å². The van der Waals surface area contributed by atoms with Crippen LogP contribution in [0, 0.1) is 0 Å². The molecule has 0 spiro atoms. The number of halogens is 1. The predicted octanol–water partition coefficient (Wildman–Crippen LogP) is 1.62. The van der Waals surface area contributed by atoms with Gasteiger partial charge in [-0.15, -0.1) is 0 Å². The maximum absolute atomic E-state index is 10.9. The van der Waals surface area contributed by atoms with Crippen LogP contribution in [0.4, 0.5) is 0 Å². The average Bonchev–Trinajstić information content (AvgIpc) is 2.05. The number of hydrogen-bond donors (Lipinski definition) is 0. The molecule has 1 saturated heterocycles. The second-order valence-electron chi connectivity index (χ2n) is 3.25. The Kier molecular flexibility index (Phi) is 2.53. The summed E-state index contributed by atoms with van der Waals surface area (Å²) in [6.07, 6.45) is -0.182. The summed E-state index contributed by atoms with van der Waals surface area (Å²) in [6.45, 7) is 0. The van der Waals surface area contributed by atoms with Crippen molar-refractivity contribution >= 4 is 25.8 Å². The molecule has 0 aromatic heterocycles. The molecular formula is C9H9BrO3S. The van der Waals surface area contributed by atoms with Crippen molar-refractivity contribution in [2.45, 2.75) is 6.10 Å². The third-order valence-corrected chi connectivity index (χ3v) is 4.42. The van der Waals surface area contributed by atoms with Crippen LogP contribution in [0.1, 0.15) is 0 Å². The second kappa shape index (κ2) is 3.55. The van der Waals surface area contributed by atoms with Gasteiger partial charge in [-0.2, -0.15) is 0 Å². The zero-order valence-corrected chi connectivity index (χ0v) is 9.71. The first-order valence-corrected chi connectivity index (χ1v) is 6.80. The maximum Gasteiger partial charge on any atom is 0.157 e. The molecule has 0 amide bonds. The fourth-order valence-electron chi connectivity index (χ4n) is 1.31. The molecule has 76 valence electrons. The van der Waals surface area contributed by atoms with Crippen molar-refractivity contribution in [1.82, 2.24) is 0 Å². The van der Waals surface area contributed by atoms with E-state index in [0.29, 0.717) is 5.75 Å². The van der Waals surface area contributed by atoms with Crippen LogP contribution in [0.25, 0.3) is 0 Å². The van der Waals surface area contributed by atoms with Crippen LogP contribution in [0.3, 0.4) is 0 Å². The summed E-state index contributed by atoms with van der Waals surface area (Å²) in [5.41, 5.74) is 0. The minimum atomic E-state index is -2.80. The van der Waals surface area contributed by atoms with Gasteiger partial charge in [0.1, 0.15) is 11.9 Å². The van der Waals surface area contributed by atoms with Gasteiger partial charge in [-0.3, -0.25) is 0 Å². The first kappa shape index (κ1) is 9.98. The van der Waals surface area contributed by atoms with E-state index in [-0.39, 0.29) is 17.6 Å². The molecule has 14 heavy (non-hydrogen) atoms. The van der Waals surface area contributed by atoms with E-state index in [2.05, 4.69) is 15.9 Å². The summed E-state index contributed by atoms with van der Waals surface area (Å²) in [7, 11) is -2.80. The number of hydrogen-bond acceptors (Lipinski definition) is 3. The molecule has 1 aromatic carbocycles. The van der Waals surface area contributed by atoms with Crippen molar-refractivity contribution in [3.63, 3.8) is 0 Å². The lowest BCUT2D eigenvalue weighted by Gasteiger charge is -2.26. The molecule has 1 aliphatic rings. The number of ether oxygens (including phenoxy) is 1. The lowest BCUT2D eigenvalue weighted by atomic mass is 10.3. The Morgan fingerprint density at radius 2 is 1.93 bits per heavy atom. The van der Waals surface area contributed by atoms with Gasteiger partial charge in [0.25, 0.3) is 0 Å². The van der Waals surface area contributed by atoms with Gasteiger partial charge in [0.15, 0.2) is 9.84 Å². The third kappa shape index (κ3) is 2.09. The van der Waals surface area contributed by atoms with Crippen LogP contribution >= 0.6 is 15.9 Å². The standard InChI is InChI=1S/C9H9BrO3S/c10-8-3-1-2-4-9(8)13-7-5-14(11,12)6-7/h1-4,7H,5-6H2. The zero-order valence-electron chi connectivity index (χ0n) is 7.31. The Balaban J connectivity index is 2.03. The van der Waals surface area contributed by atoms with Crippen LogP contribution in [0.15, 0.2) is 28.7 Å². The van der Waals surface area contributed by atoms with Crippen LogP contribution in [-0.2, 0) is 9.84 Å². The molecule has 3 nitrogen and oxygen atoms in total. The second-order valence-corrected chi connectivity index (χ2v) is 6.26. The highest BCUT2D eigenvalue weighted by Crippen LogP contribution is 2.27. The van der Waals surface area contributed by atoms with Crippen molar-refractivity contribution < 1.29 is 13.2 Å². The third-order valence-electron chi connectivity index (χ3n) is 2.01. The smallest absolute Gasteiger partial charge is 0.157 e. The van der Waals surface area contributed by atoms with Gasteiger partial charge in [0.2, 0.25) is 0 Å². The van der Waals surface area contributed by atoms with Gasteiger partial charge in [-0.1, -0.05) is 12.1 Å². The molecule has 0 atom stereocenters. The Bertz CT molecular complexity index is 429. The van der Waals surface area contributed by atoms with E-state index in [9.17, 15) is 8.42 Å². The lowest BCUT2D eigenvalue weighted by molar-refractivity contribution is 0.229. The molecule has 1 aromatic rings. The SMILES string of the molecule is O=S1(=O)CC(Oc2ccccc2Br)C1. The van der Waals surface area contributed by atoms with Crippen LogP contribution in [0.2, 0.25) is 0 Å². The van der Waals surface area contributed by atoms with Gasteiger partial charge >= 0.3 is 0 Å². The fourth-order valence-corrected chi connectivity index (χ4v) is 2.86. The van der Waals surface area contributed by atoms with Crippen molar-refractivity contribution in [2.75, 3.05) is 11.5 Å². The van der Waals surface area contributed by atoms with Gasteiger partial charge in [0.05, 0.1) is 16.0 Å². The van der Waals surface area contributed by atoms with Crippen LogP contribution in [-0.4, -0.2) is 26.0 Å². The molecular weight excluding hydrogens is 268 g/mol. The molecule has 2 rings (SSSR count). The van der Waals surface area contributed by atoms with Crippen molar-refractivity contribution in [1.29, 1.82) is 0 Å². The van der Waals surface area contributed by atoms with E-state index in [4.69, 9.17) is 4.74 Å². The van der Waals surface area contributed by atoms with Crippen LogP contribution < -0.4 is 4.74 Å². The lowest BCUT2D eigenvalue weighted by Crippen LogP contribution is -2.45. The summed E-state index contributed by atoms with van der Waals surface area (Å²) < 4.78 is 28.1. The number of para-hydroxylation sites is 1. The predicted molar refractivity (Wildman–Crippen MR) is 57.2 cm³/mol. The quantitative estimate of drug-likeness (QED) is 0.825. The molecule has 1 heterocycles. The highest BCUT2D eigenvalue weighted by Gasteiger charge is 2.35. The molecule has 0 saturated carbocycles. The largest absolute Gasteiger partial charge is 0.487 e. The van der Waals surface area contributed by atoms with Crippen molar-refractivity contribution in [3.05, 3.63) is 28.7 Å². The summed E-state index contributed by atoms with van der Waals surface area (Å²) >= 11 is 3.33. The van der Waals surface area contributed by atoms with Crippen LogP contribution in [0.5, 0.6) is 5.75 Å². The monoisotopic (exact) mass is 276 g/mol. The Morgan fingerprint density at radius 1 is 1.29 bits per heavy atom. The Labute approximate surface area is 91.1 Å². The van der Waals surface area contributed by atoms with E-state index >= 15 is 0 Å². The highest BCUT2D eigenvalue weighted by atomic mass is 79.9. The van der Waals surface area contributed by atoms with E-state index < -0.39 is 9.84 Å². The molecule has 0 aliphatic carbocycles. The summed E-state index contributed by atoms with van der Waals surface area (Å²) in [5.74, 6) is 0.968. The molecule has 0 N–H and O–H groups in total. The molecule has 1 fully saturated rings. The van der Waals surface area contributed by atoms with E-state index in [0.717, 1.165) is 4.47 Å². The minimum Gasteiger partial charge on any atom is -0.487 e. The first-order chi connectivity index (χ1) is 6.57. The molecule has 1 aliphatic heterocycles. The molecule has 5 heteroatoms. The summed E-state index contributed by atoms with van der Waals surface area (Å²) in [5, 5.41) is 0. The van der Waals surface area contributed by atoms with E-state index in [1.807, 2.05) is 24.3 Å². The highest BCUT2D eigenvalue weighted by molar-refractivity contribution is 9.10.